The number of carbonyl (C=O) groups excluding carboxylic acids is 1. The van der Waals surface area contributed by atoms with Crippen molar-refractivity contribution >= 4 is 30.2 Å². The van der Waals surface area contributed by atoms with Crippen LogP contribution in [0.4, 0.5) is 0 Å². The lowest BCUT2D eigenvalue weighted by Gasteiger charge is -2.32. The molecule has 108 valence electrons. The van der Waals surface area contributed by atoms with Crippen LogP contribution in [0.3, 0.4) is 0 Å². The molecule has 5 heteroatoms. The summed E-state index contributed by atoms with van der Waals surface area (Å²) >= 11 is 10.7. The van der Waals surface area contributed by atoms with E-state index in [4.69, 9.17) is 16.3 Å². The van der Waals surface area contributed by atoms with E-state index in [9.17, 15) is 4.79 Å². The molecule has 1 aromatic rings. The molecular formula is C15H18ClNO2S. The van der Waals surface area contributed by atoms with E-state index >= 15 is 0 Å². The Kier molecular flexibility index (Phi) is 5.38. The lowest BCUT2D eigenvalue weighted by molar-refractivity contribution is -0.141. The number of hydrogen-bond acceptors (Lipinski definition) is 4. The van der Waals surface area contributed by atoms with Crippen molar-refractivity contribution in [3.8, 4) is 0 Å². The van der Waals surface area contributed by atoms with Gasteiger partial charge in [-0.15, -0.1) is 0 Å². The number of methoxy groups -OCH3 is 1. The molecule has 0 saturated heterocycles. The summed E-state index contributed by atoms with van der Waals surface area (Å²) in [5.41, 5.74) is 1.08. The predicted molar refractivity (Wildman–Crippen MR) is 83.9 cm³/mol. The lowest BCUT2D eigenvalue weighted by Crippen LogP contribution is -2.35. The number of ether oxygens (including phenoxy) is 1. The fourth-order valence-electron chi connectivity index (χ4n) is 2.28. The van der Waals surface area contributed by atoms with Gasteiger partial charge in [-0.25, -0.2) is 0 Å². The van der Waals surface area contributed by atoms with Gasteiger partial charge in [-0.1, -0.05) is 35.9 Å². The molecule has 20 heavy (non-hydrogen) atoms. The van der Waals surface area contributed by atoms with Crippen LogP contribution in [0.25, 0.3) is 0 Å². The van der Waals surface area contributed by atoms with E-state index in [1.165, 1.54) is 7.11 Å². The second-order valence-corrected chi connectivity index (χ2v) is 5.90. The molecule has 0 N–H and O–H groups in total. The zero-order valence-corrected chi connectivity index (χ0v) is 13.0. The quantitative estimate of drug-likeness (QED) is 0.684. The summed E-state index contributed by atoms with van der Waals surface area (Å²) in [4.78, 5) is 13.6. The van der Waals surface area contributed by atoms with E-state index in [2.05, 4.69) is 17.5 Å². The van der Waals surface area contributed by atoms with Crippen LogP contribution in [0.15, 0.2) is 36.5 Å². The van der Waals surface area contributed by atoms with E-state index in [0.717, 1.165) is 23.7 Å². The Morgan fingerprint density at radius 2 is 2.25 bits per heavy atom. The van der Waals surface area contributed by atoms with Crippen molar-refractivity contribution in [2.45, 2.75) is 18.2 Å². The predicted octanol–water partition coefficient (Wildman–Crippen LogP) is 3.15. The molecule has 0 fully saturated rings. The summed E-state index contributed by atoms with van der Waals surface area (Å²) in [6.45, 7) is 1.50. The van der Waals surface area contributed by atoms with E-state index in [1.54, 1.807) is 0 Å². The molecule has 2 rings (SSSR count). The first-order valence-electron chi connectivity index (χ1n) is 6.51. The number of benzene rings is 1. The molecule has 3 nitrogen and oxygen atoms in total. The van der Waals surface area contributed by atoms with E-state index in [1.807, 2.05) is 36.5 Å². The van der Waals surface area contributed by atoms with Crippen LogP contribution < -0.4 is 0 Å². The lowest BCUT2D eigenvalue weighted by atomic mass is 9.97. The van der Waals surface area contributed by atoms with Gasteiger partial charge in [0.2, 0.25) is 0 Å². The average Bonchev–Trinajstić information content (AvgIpc) is 2.45. The van der Waals surface area contributed by atoms with Gasteiger partial charge in [0, 0.05) is 29.3 Å². The summed E-state index contributed by atoms with van der Waals surface area (Å²) in [6.07, 6.45) is 4.42. The van der Waals surface area contributed by atoms with Gasteiger partial charge in [-0.2, -0.15) is 12.6 Å². The summed E-state index contributed by atoms with van der Waals surface area (Å²) in [6, 6.07) is 7.79. The zero-order valence-electron chi connectivity index (χ0n) is 11.3. The van der Waals surface area contributed by atoms with Crippen LogP contribution in [0.2, 0.25) is 5.02 Å². The molecule has 1 heterocycles. The number of carbonyl (C=O) groups is 1. The molecule has 0 saturated carbocycles. The van der Waals surface area contributed by atoms with Gasteiger partial charge in [0.1, 0.15) is 0 Å². The van der Waals surface area contributed by atoms with E-state index in [-0.39, 0.29) is 17.1 Å². The van der Waals surface area contributed by atoms with Crippen molar-refractivity contribution in [2.75, 3.05) is 13.7 Å². The maximum atomic E-state index is 11.4. The fourth-order valence-corrected chi connectivity index (χ4v) is 2.75. The fraction of sp³-hybridized carbons (Fsp3) is 0.400. The summed E-state index contributed by atoms with van der Waals surface area (Å²) in [5.74, 6) is -0.0414. The monoisotopic (exact) mass is 311 g/mol. The maximum absolute atomic E-state index is 11.4. The molecule has 2 unspecified atom stereocenters. The highest BCUT2D eigenvalue weighted by molar-refractivity contribution is 7.81. The third kappa shape index (κ3) is 3.93. The molecular weight excluding hydrogens is 294 g/mol. The Labute approximate surface area is 130 Å². The third-order valence-electron chi connectivity index (χ3n) is 3.43. The van der Waals surface area contributed by atoms with Gasteiger partial charge in [0.05, 0.1) is 13.5 Å². The zero-order chi connectivity index (χ0) is 14.5. The minimum atomic E-state index is -0.193. The first-order valence-corrected chi connectivity index (χ1v) is 7.40. The van der Waals surface area contributed by atoms with Crippen LogP contribution in [0, 0.1) is 5.92 Å². The Bertz CT molecular complexity index is 506. The molecule has 0 aromatic heterocycles. The average molecular weight is 312 g/mol. The van der Waals surface area contributed by atoms with Gasteiger partial charge in [0.15, 0.2) is 0 Å². The highest BCUT2D eigenvalue weighted by Gasteiger charge is 2.25. The van der Waals surface area contributed by atoms with Gasteiger partial charge < -0.3 is 9.64 Å². The van der Waals surface area contributed by atoms with Crippen molar-refractivity contribution in [3.05, 3.63) is 47.1 Å². The number of esters is 1. The molecule has 0 spiro atoms. The summed E-state index contributed by atoms with van der Waals surface area (Å²) in [5, 5.41) is 0.843. The van der Waals surface area contributed by atoms with Crippen LogP contribution in [0.5, 0.6) is 0 Å². The Balaban J connectivity index is 2.02. The number of halogens is 1. The number of hydrogen-bond donors (Lipinski definition) is 1. The molecule has 1 aromatic carbocycles. The number of nitrogens with zero attached hydrogens (tertiary/aromatic N) is 1. The van der Waals surface area contributed by atoms with Crippen molar-refractivity contribution in [1.82, 2.24) is 4.90 Å². The maximum Gasteiger partial charge on any atom is 0.305 e. The second-order valence-electron chi connectivity index (χ2n) is 4.89. The van der Waals surface area contributed by atoms with Gasteiger partial charge in [-0.3, -0.25) is 4.79 Å². The first kappa shape index (κ1) is 15.3. The molecule has 0 amide bonds. The molecule has 0 radical (unpaired) electrons. The minimum absolute atomic E-state index is 0.0802. The largest absolute Gasteiger partial charge is 0.469 e. The Morgan fingerprint density at radius 1 is 1.50 bits per heavy atom. The number of thiol groups is 1. The van der Waals surface area contributed by atoms with Crippen molar-refractivity contribution < 1.29 is 9.53 Å². The first-order chi connectivity index (χ1) is 9.60. The summed E-state index contributed by atoms with van der Waals surface area (Å²) in [7, 11) is 1.41. The highest BCUT2D eigenvalue weighted by Crippen LogP contribution is 2.25. The standard InChI is InChI=1S/C15H18ClNO2S/c1-19-15(18)8-12-10-17(7-6-14(12)20)9-11-4-2-3-5-13(11)16/h2-7,12,14,20H,8-10H2,1H3. The van der Waals surface area contributed by atoms with E-state index in [0.29, 0.717) is 6.42 Å². The molecule has 2 atom stereocenters. The SMILES string of the molecule is COC(=O)CC1CN(Cc2ccccc2Cl)C=CC1S. The van der Waals surface area contributed by atoms with Crippen molar-refractivity contribution in [2.24, 2.45) is 5.92 Å². The summed E-state index contributed by atoms with van der Waals surface area (Å²) < 4.78 is 4.74. The van der Waals surface area contributed by atoms with E-state index < -0.39 is 0 Å². The number of rotatable bonds is 4. The molecule has 1 aliphatic rings. The highest BCUT2D eigenvalue weighted by atomic mass is 35.5. The molecule has 0 aliphatic carbocycles. The minimum Gasteiger partial charge on any atom is -0.469 e. The second kappa shape index (κ2) is 7.04. The molecule has 1 aliphatic heterocycles. The van der Waals surface area contributed by atoms with Crippen LogP contribution >= 0.6 is 24.2 Å². The smallest absolute Gasteiger partial charge is 0.305 e. The normalized spacial score (nSPS) is 21.9. The van der Waals surface area contributed by atoms with Crippen LogP contribution in [-0.4, -0.2) is 29.8 Å². The topological polar surface area (TPSA) is 29.5 Å². The van der Waals surface area contributed by atoms with Gasteiger partial charge >= 0.3 is 5.97 Å². The van der Waals surface area contributed by atoms with Gasteiger partial charge in [-0.05, 0) is 17.8 Å². The Morgan fingerprint density at radius 3 is 2.95 bits per heavy atom. The van der Waals surface area contributed by atoms with Gasteiger partial charge in [0.25, 0.3) is 0 Å². The van der Waals surface area contributed by atoms with Crippen molar-refractivity contribution in [3.63, 3.8) is 0 Å². The van der Waals surface area contributed by atoms with Crippen molar-refractivity contribution in [1.29, 1.82) is 0 Å². The van der Waals surface area contributed by atoms with Crippen LogP contribution in [0.1, 0.15) is 12.0 Å². The van der Waals surface area contributed by atoms with Crippen LogP contribution in [-0.2, 0) is 16.1 Å². The molecule has 0 bridgehead atoms. The Hall–Kier alpha value is -1.13. The third-order valence-corrected chi connectivity index (χ3v) is 4.40.